The largest absolute Gasteiger partial charge is 0.441 e. The molecule has 0 aromatic heterocycles. The average molecular weight is 241 g/mol. The van der Waals surface area contributed by atoms with Crippen molar-refractivity contribution in [1.82, 2.24) is 5.32 Å². The monoisotopic (exact) mass is 241 g/mol. The van der Waals surface area contributed by atoms with Crippen LogP contribution in [-0.4, -0.2) is 23.8 Å². The quantitative estimate of drug-likeness (QED) is 0.685. The zero-order chi connectivity index (χ0) is 11.3. The summed E-state index contributed by atoms with van der Waals surface area (Å²) in [6.45, 7) is 3.04. The number of thioether (sulfide) groups is 1. The van der Waals surface area contributed by atoms with Gasteiger partial charge in [0.25, 0.3) is 0 Å². The highest BCUT2D eigenvalue weighted by Gasteiger charge is 2.27. The molecule has 15 heavy (non-hydrogen) atoms. The number of alkyl halides is 3. The van der Waals surface area contributed by atoms with Crippen LogP contribution in [0.4, 0.5) is 13.2 Å². The second-order valence-corrected chi connectivity index (χ2v) is 5.38. The molecule has 0 aromatic carbocycles. The second kappa shape index (κ2) is 5.99. The first kappa shape index (κ1) is 13.2. The van der Waals surface area contributed by atoms with Gasteiger partial charge in [0, 0.05) is 11.8 Å². The Morgan fingerprint density at radius 3 is 2.60 bits per heavy atom. The zero-order valence-corrected chi connectivity index (χ0v) is 9.76. The Morgan fingerprint density at radius 1 is 1.40 bits per heavy atom. The molecule has 0 radical (unpaired) electrons. The Hall–Kier alpha value is 0.1000. The van der Waals surface area contributed by atoms with Crippen molar-refractivity contribution in [2.75, 3.05) is 12.3 Å². The van der Waals surface area contributed by atoms with Crippen LogP contribution in [0.25, 0.3) is 0 Å². The van der Waals surface area contributed by atoms with E-state index in [1.165, 1.54) is 12.8 Å². The van der Waals surface area contributed by atoms with Crippen LogP contribution in [0.5, 0.6) is 0 Å². The fourth-order valence-electron chi connectivity index (χ4n) is 1.38. The summed E-state index contributed by atoms with van der Waals surface area (Å²) in [4.78, 5) is 0. The van der Waals surface area contributed by atoms with Gasteiger partial charge in [-0.1, -0.05) is 18.7 Å². The van der Waals surface area contributed by atoms with Crippen molar-refractivity contribution < 1.29 is 13.2 Å². The molecule has 0 aliphatic heterocycles. The molecular weight excluding hydrogens is 223 g/mol. The van der Waals surface area contributed by atoms with E-state index in [0.29, 0.717) is 18.4 Å². The van der Waals surface area contributed by atoms with Crippen molar-refractivity contribution >= 4 is 11.8 Å². The van der Waals surface area contributed by atoms with Crippen LogP contribution in [0, 0.1) is 5.92 Å². The Bertz CT molecular complexity index is 180. The third-order valence-electron chi connectivity index (χ3n) is 2.44. The minimum Gasteiger partial charge on any atom is -0.314 e. The highest BCUT2D eigenvalue weighted by Crippen LogP contribution is 2.31. The molecule has 1 aliphatic carbocycles. The Labute approximate surface area is 93.2 Å². The first-order chi connectivity index (χ1) is 6.97. The molecule has 1 fully saturated rings. The van der Waals surface area contributed by atoms with Crippen LogP contribution in [0.2, 0.25) is 0 Å². The maximum atomic E-state index is 11.8. The van der Waals surface area contributed by atoms with Gasteiger partial charge in [-0.2, -0.15) is 13.2 Å². The van der Waals surface area contributed by atoms with E-state index >= 15 is 0 Å². The SMILES string of the molecule is CC(CCCSC(F)(F)F)CNC1CC1. The normalized spacial score (nSPS) is 19.2. The van der Waals surface area contributed by atoms with Crippen LogP contribution in [0.3, 0.4) is 0 Å². The van der Waals surface area contributed by atoms with Crippen molar-refractivity contribution in [2.45, 2.75) is 44.2 Å². The number of nitrogens with one attached hydrogen (secondary N) is 1. The molecule has 90 valence electrons. The smallest absolute Gasteiger partial charge is 0.314 e. The summed E-state index contributed by atoms with van der Waals surface area (Å²) in [7, 11) is 0. The van der Waals surface area contributed by atoms with Crippen molar-refractivity contribution in [3.05, 3.63) is 0 Å². The number of hydrogen-bond donors (Lipinski definition) is 1. The molecule has 0 spiro atoms. The molecule has 0 aromatic rings. The van der Waals surface area contributed by atoms with E-state index in [9.17, 15) is 13.2 Å². The summed E-state index contributed by atoms with van der Waals surface area (Å²) in [6, 6.07) is 0.692. The van der Waals surface area contributed by atoms with Gasteiger partial charge >= 0.3 is 5.51 Å². The first-order valence-corrected chi connectivity index (χ1v) is 6.40. The van der Waals surface area contributed by atoms with Crippen molar-refractivity contribution in [3.63, 3.8) is 0 Å². The average Bonchev–Trinajstić information content (AvgIpc) is 2.91. The Kier molecular flexibility index (Phi) is 5.26. The van der Waals surface area contributed by atoms with Gasteiger partial charge < -0.3 is 5.32 Å². The Morgan fingerprint density at radius 2 is 2.07 bits per heavy atom. The molecule has 1 atom stereocenters. The predicted molar refractivity (Wildman–Crippen MR) is 57.9 cm³/mol. The molecule has 1 N–H and O–H groups in total. The fourth-order valence-corrected chi connectivity index (χ4v) is 1.92. The van der Waals surface area contributed by atoms with Gasteiger partial charge in [-0.05, 0) is 38.1 Å². The van der Waals surface area contributed by atoms with Crippen LogP contribution in [-0.2, 0) is 0 Å². The van der Waals surface area contributed by atoms with E-state index < -0.39 is 5.51 Å². The summed E-state index contributed by atoms with van der Waals surface area (Å²) >= 11 is 0.0919. The molecule has 1 rings (SSSR count). The van der Waals surface area contributed by atoms with Gasteiger partial charge in [-0.15, -0.1) is 0 Å². The lowest BCUT2D eigenvalue weighted by atomic mass is 10.1. The molecule has 0 amide bonds. The zero-order valence-electron chi connectivity index (χ0n) is 8.94. The summed E-state index contributed by atoms with van der Waals surface area (Å²) in [6.07, 6.45) is 4.05. The molecule has 1 saturated carbocycles. The van der Waals surface area contributed by atoms with Gasteiger partial charge in [0.1, 0.15) is 0 Å². The second-order valence-electron chi connectivity index (χ2n) is 4.22. The molecule has 5 heteroatoms. The van der Waals surface area contributed by atoms with Crippen molar-refractivity contribution in [2.24, 2.45) is 5.92 Å². The lowest BCUT2D eigenvalue weighted by molar-refractivity contribution is -0.0328. The topological polar surface area (TPSA) is 12.0 Å². The summed E-state index contributed by atoms with van der Waals surface area (Å²) in [5, 5.41) is 3.38. The van der Waals surface area contributed by atoms with Crippen LogP contribution >= 0.6 is 11.8 Å². The first-order valence-electron chi connectivity index (χ1n) is 5.41. The summed E-state index contributed by atoms with van der Waals surface area (Å²) in [5.74, 6) is 0.677. The highest BCUT2D eigenvalue weighted by molar-refractivity contribution is 8.00. The van der Waals surface area contributed by atoms with Crippen molar-refractivity contribution in [1.29, 1.82) is 0 Å². The van der Waals surface area contributed by atoms with E-state index in [0.717, 1.165) is 13.0 Å². The molecule has 0 bridgehead atoms. The fraction of sp³-hybridized carbons (Fsp3) is 1.00. The maximum absolute atomic E-state index is 11.8. The van der Waals surface area contributed by atoms with Crippen molar-refractivity contribution in [3.8, 4) is 0 Å². The minimum atomic E-state index is -4.06. The van der Waals surface area contributed by atoms with Crippen LogP contribution < -0.4 is 5.32 Å². The minimum absolute atomic E-state index is 0.0919. The third-order valence-corrected chi connectivity index (χ3v) is 3.26. The third kappa shape index (κ3) is 7.96. The molecular formula is C10H18F3NS. The molecule has 1 nitrogen and oxygen atoms in total. The van der Waals surface area contributed by atoms with Gasteiger partial charge in [0.2, 0.25) is 0 Å². The lowest BCUT2D eigenvalue weighted by Gasteiger charge is -2.12. The van der Waals surface area contributed by atoms with Crippen LogP contribution in [0.1, 0.15) is 32.6 Å². The summed E-state index contributed by atoms with van der Waals surface area (Å²) < 4.78 is 35.4. The summed E-state index contributed by atoms with van der Waals surface area (Å²) in [5.41, 5.74) is -4.06. The van der Waals surface area contributed by atoms with Gasteiger partial charge in [-0.3, -0.25) is 0 Å². The standard InChI is InChI=1S/C10H18F3NS/c1-8(7-14-9-4-5-9)3-2-6-15-10(11,12)13/h8-9,14H,2-7H2,1H3. The molecule has 1 unspecified atom stereocenters. The molecule has 1 aliphatic rings. The highest BCUT2D eigenvalue weighted by atomic mass is 32.2. The van der Waals surface area contributed by atoms with E-state index in [-0.39, 0.29) is 17.5 Å². The van der Waals surface area contributed by atoms with Gasteiger partial charge in [-0.25, -0.2) is 0 Å². The molecule has 0 heterocycles. The van der Waals surface area contributed by atoms with E-state index in [2.05, 4.69) is 12.2 Å². The lowest BCUT2D eigenvalue weighted by Crippen LogP contribution is -2.23. The number of hydrogen-bond acceptors (Lipinski definition) is 2. The number of halogens is 3. The number of rotatable bonds is 7. The molecule has 0 saturated heterocycles. The van der Waals surface area contributed by atoms with E-state index in [1.54, 1.807) is 0 Å². The Balaban J connectivity index is 1.89. The van der Waals surface area contributed by atoms with E-state index in [4.69, 9.17) is 0 Å². The van der Waals surface area contributed by atoms with Gasteiger partial charge in [0.15, 0.2) is 0 Å². The van der Waals surface area contributed by atoms with Gasteiger partial charge in [0.05, 0.1) is 0 Å². The van der Waals surface area contributed by atoms with E-state index in [1.807, 2.05) is 0 Å². The predicted octanol–water partition coefficient (Wildman–Crippen LogP) is 3.41. The van der Waals surface area contributed by atoms with Crippen LogP contribution in [0.15, 0.2) is 0 Å². The maximum Gasteiger partial charge on any atom is 0.441 e.